The molecule has 0 radical (unpaired) electrons. The summed E-state index contributed by atoms with van der Waals surface area (Å²) in [6, 6.07) is 0. The molecule has 0 unspecified atom stereocenters. The van der Waals surface area contributed by atoms with Crippen LogP contribution in [0.4, 0.5) is 4.39 Å². The number of benzene rings is 1. The van der Waals surface area contributed by atoms with Gasteiger partial charge in [-0.2, -0.15) is 0 Å². The van der Waals surface area contributed by atoms with Crippen LogP contribution in [-0.2, 0) is 6.42 Å². The van der Waals surface area contributed by atoms with E-state index >= 15 is 0 Å². The average Bonchev–Trinajstić information content (AvgIpc) is 2.13. The maximum Gasteiger partial charge on any atom is 0.146 e. The summed E-state index contributed by atoms with van der Waals surface area (Å²) in [4.78, 5) is 0. The van der Waals surface area contributed by atoms with E-state index in [9.17, 15) is 9.50 Å². The van der Waals surface area contributed by atoms with Crippen molar-refractivity contribution in [2.75, 3.05) is 0 Å². The topological polar surface area (TPSA) is 20.2 Å². The number of aromatic hydroxyl groups is 1. The second kappa shape index (κ2) is 3.72. The lowest BCUT2D eigenvalue weighted by Gasteiger charge is -2.10. The van der Waals surface area contributed by atoms with Gasteiger partial charge in [0.25, 0.3) is 0 Å². The summed E-state index contributed by atoms with van der Waals surface area (Å²) < 4.78 is 13.4. The number of phenolic OH excluding ortho intramolecular Hbond substituents is 1. The van der Waals surface area contributed by atoms with E-state index in [-0.39, 0.29) is 26.9 Å². The van der Waals surface area contributed by atoms with Gasteiger partial charge in [-0.05, 0) is 13.3 Å². The Hall–Kier alpha value is -0.470. The summed E-state index contributed by atoms with van der Waals surface area (Å²) >= 11 is 11.4. The molecule has 72 valence electrons. The highest BCUT2D eigenvalue weighted by molar-refractivity contribution is 6.35. The Morgan fingerprint density at radius 2 is 1.85 bits per heavy atom. The molecular formula is C9H9Cl2FO. The molecule has 0 aliphatic heterocycles. The Morgan fingerprint density at radius 3 is 2.31 bits per heavy atom. The zero-order valence-electron chi connectivity index (χ0n) is 7.29. The maximum atomic E-state index is 13.4. The predicted molar refractivity (Wildman–Crippen MR) is 52.2 cm³/mol. The summed E-state index contributed by atoms with van der Waals surface area (Å²) in [6.45, 7) is 3.27. The van der Waals surface area contributed by atoms with E-state index in [1.807, 2.05) is 0 Å². The fraction of sp³-hybridized carbons (Fsp3) is 0.333. The summed E-state index contributed by atoms with van der Waals surface area (Å²) in [7, 11) is 0. The molecule has 0 saturated carbocycles. The van der Waals surface area contributed by atoms with Crippen molar-refractivity contribution in [3.63, 3.8) is 0 Å². The molecule has 0 aliphatic carbocycles. The monoisotopic (exact) mass is 222 g/mol. The highest BCUT2D eigenvalue weighted by atomic mass is 35.5. The van der Waals surface area contributed by atoms with Crippen LogP contribution in [0.15, 0.2) is 0 Å². The molecule has 1 aromatic carbocycles. The fourth-order valence-electron chi connectivity index (χ4n) is 1.12. The van der Waals surface area contributed by atoms with Crippen molar-refractivity contribution in [1.29, 1.82) is 0 Å². The molecule has 13 heavy (non-hydrogen) atoms. The standard InChI is InChI=1S/C9H9Cl2FO/c1-3-5-7(11)9(13)4(2)6(10)8(5)12/h13H,3H2,1-2H3. The first-order chi connectivity index (χ1) is 6.00. The predicted octanol–water partition coefficient (Wildman–Crippen LogP) is 3.71. The lowest BCUT2D eigenvalue weighted by molar-refractivity contribution is 0.467. The molecule has 0 bridgehead atoms. The molecule has 0 amide bonds. The van der Waals surface area contributed by atoms with Gasteiger partial charge in [-0.1, -0.05) is 30.1 Å². The first kappa shape index (κ1) is 10.6. The molecule has 0 atom stereocenters. The quantitative estimate of drug-likeness (QED) is 0.719. The lowest BCUT2D eigenvalue weighted by atomic mass is 10.1. The lowest BCUT2D eigenvalue weighted by Crippen LogP contribution is -1.94. The average molecular weight is 223 g/mol. The highest BCUT2D eigenvalue weighted by Gasteiger charge is 2.17. The highest BCUT2D eigenvalue weighted by Crippen LogP contribution is 2.38. The number of rotatable bonds is 1. The summed E-state index contributed by atoms with van der Waals surface area (Å²) in [5.74, 6) is -0.672. The molecule has 1 N–H and O–H groups in total. The first-order valence-electron chi connectivity index (χ1n) is 3.85. The van der Waals surface area contributed by atoms with Gasteiger partial charge in [0.15, 0.2) is 0 Å². The van der Waals surface area contributed by atoms with Crippen LogP contribution in [0.5, 0.6) is 5.75 Å². The zero-order chi connectivity index (χ0) is 10.2. The van der Waals surface area contributed by atoms with Crippen LogP contribution < -0.4 is 0 Å². The van der Waals surface area contributed by atoms with E-state index in [1.54, 1.807) is 6.92 Å². The number of hydrogen-bond acceptors (Lipinski definition) is 1. The molecular weight excluding hydrogens is 214 g/mol. The molecule has 4 heteroatoms. The molecule has 0 heterocycles. The normalized spacial score (nSPS) is 10.5. The van der Waals surface area contributed by atoms with Gasteiger partial charge in [-0.15, -0.1) is 0 Å². The van der Waals surface area contributed by atoms with Crippen molar-refractivity contribution in [2.24, 2.45) is 0 Å². The second-order valence-corrected chi connectivity index (χ2v) is 3.50. The van der Waals surface area contributed by atoms with E-state index in [2.05, 4.69) is 0 Å². The van der Waals surface area contributed by atoms with Gasteiger partial charge in [-0.25, -0.2) is 4.39 Å². The van der Waals surface area contributed by atoms with Crippen molar-refractivity contribution in [3.05, 3.63) is 27.0 Å². The van der Waals surface area contributed by atoms with Gasteiger partial charge < -0.3 is 5.11 Å². The van der Waals surface area contributed by atoms with Gasteiger partial charge in [0.1, 0.15) is 11.6 Å². The molecule has 1 aromatic rings. The van der Waals surface area contributed by atoms with Crippen LogP contribution in [0.2, 0.25) is 10.0 Å². The minimum atomic E-state index is -0.538. The number of halogens is 3. The third kappa shape index (κ3) is 1.61. The minimum absolute atomic E-state index is 0.0567. The number of hydrogen-bond donors (Lipinski definition) is 1. The molecule has 0 saturated heterocycles. The van der Waals surface area contributed by atoms with Crippen molar-refractivity contribution < 1.29 is 9.50 Å². The van der Waals surface area contributed by atoms with Crippen LogP contribution in [0, 0.1) is 12.7 Å². The fourth-order valence-corrected chi connectivity index (χ4v) is 1.68. The molecule has 0 aliphatic rings. The van der Waals surface area contributed by atoms with Crippen LogP contribution in [-0.4, -0.2) is 5.11 Å². The van der Waals surface area contributed by atoms with E-state index in [0.29, 0.717) is 6.42 Å². The van der Waals surface area contributed by atoms with Crippen molar-refractivity contribution in [1.82, 2.24) is 0 Å². The smallest absolute Gasteiger partial charge is 0.146 e. The SMILES string of the molecule is CCc1c(F)c(Cl)c(C)c(O)c1Cl. The maximum absolute atomic E-state index is 13.4. The van der Waals surface area contributed by atoms with E-state index in [0.717, 1.165) is 0 Å². The third-order valence-electron chi connectivity index (χ3n) is 1.97. The van der Waals surface area contributed by atoms with Gasteiger partial charge in [0, 0.05) is 11.1 Å². The van der Waals surface area contributed by atoms with E-state index < -0.39 is 5.82 Å². The van der Waals surface area contributed by atoms with Gasteiger partial charge in [0.05, 0.1) is 10.0 Å². The number of phenols is 1. The summed E-state index contributed by atoms with van der Waals surface area (Å²) in [5, 5.41) is 9.44. The van der Waals surface area contributed by atoms with Crippen LogP contribution in [0.3, 0.4) is 0 Å². The Morgan fingerprint density at radius 1 is 1.31 bits per heavy atom. The zero-order valence-corrected chi connectivity index (χ0v) is 8.80. The largest absolute Gasteiger partial charge is 0.506 e. The Labute approximate surface area is 86.1 Å². The molecule has 1 nitrogen and oxygen atoms in total. The summed E-state index contributed by atoms with van der Waals surface area (Å²) in [6.07, 6.45) is 0.401. The summed E-state index contributed by atoms with van der Waals surface area (Å²) in [5.41, 5.74) is 0.538. The van der Waals surface area contributed by atoms with Crippen molar-refractivity contribution in [3.8, 4) is 5.75 Å². The Balaban J connectivity index is 3.56. The first-order valence-corrected chi connectivity index (χ1v) is 4.61. The van der Waals surface area contributed by atoms with E-state index in [4.69, 9.17) is 23.2 Å². The van der Waals surface area contributed by atoms with Gasteiger partial charge >= 0.3 is 0 Å². The van der Waals surface area contributed by atoms with E-state index in [1.165, 1.54) is 6.92 Å². The third-order valence-corrected chi connectivity index (χ3v) is 2.83. The van der Waals surface area contributed by atoms with Gasteiger partial charge in [0.2, 0.25) is 0 Å². The minimum Gasteiger partial charge on any atom is -0.506 e. The molecule has 0 spiro atoms. The van der Waals surface area contributed by atoms with Gasteiger partial charge in [-0.3, -0.25) is 0 Å². The molecule has 0 aromatic heterocycles. The Kier molecular flexibility index (Phi) is 3.04. The molecule has 0 fully saturated rings. The Bertz CT molecular complexity index is 321. The van der Waals surface area contributed by atoms with Crippen molar-refractivity contribution in [2.45, 2.75) is 20.3 Å². The van der Waals surface area contributed by atoms with Crippen molar-refractivity contribution >= 4 is 23.2 Å². The van der Waals surface area contributed by atoms with Crippen LogP contribution in [0.25, 0.3) is 0 Å². The van der Waals surface area contributed by atoms with Crippen LogP contribution >= 0.6 is 23.2 Å². The molecule has 1 rings (SSSR count). The van der Waals surface area contributed by atoms with Crippen LogP contribution in [0.1, 0.15) is 18.1 Å². The second-order valence-electron chi connectivity index (χ2n) is 2.75.